The molecule has 0 saturated heterocycles. The predicted octanol–water partition coefficient (Wildman–Crippen LogP) is 1.57. The van der Waals surface area contributed by atoms with Gasteiger partial charge in [0.15, 0.2) is 5.65 Å². The van der Waals surface area contributed by atoms with E-state index in [-0.39, 0.29) is 0 Å². The lowest BCUT2D eigenvalue weighted by Gasteiger charge is -2.05. The van der Waals surface area contributed by atoms with Crippen molar-refractivity contribution in [2.45, 2.75) is 13.3 Å². The summed E-state index contributed by atoms with van der Waals surface area (Å²) in [6.07, 6.45) is 4.62. The molecule has 5 heteroatoms. The second-order valence-corrected chi connectivity index (χ2v) is 3.42. The van der Waals surface area contributed by atoms with Crippen LogP contribution in [-0.2, 0) is 4.74 Å². The molecular weight excluding hydrogens is 204 g/mol. The van der Waals surface area contributed by atoms with Crippen molar-refractivity contribution in [3.8, 4) is 0 Å². The van der Waals surface area contributed by atoms with Crippen LogP contribution in [0.15, 0.2) is 24.5 Å². The molecule has 0 aliphatic rings. The van der Waals surface area contributed by atoms with E-state index in [9.17, 15) is 0 Å². The Morgan fingerprint density at radius 3 is 3.25 bits per heavy atom. The number of rotatable bonds is 6. The molecular formula is C11H16N4O. The molecule has 0 aliphatic carbocycles. The van der Waals surface area contributed by atoms with Gasteiger partial charge >= 0.3 is 0 Å². The minimum Gasteiger partial charge on any atom is -0.382 e. The van der Waals surface area contributed by atoms with Crippen molar-refractivity contribution >= 4 is 11.5 Å². The summed E-state index contributed by atoms with van der Waals surface area (Å²) in [6.45, 7) is 4.44. The highest BCUT2D eigenvalue weighted by molar-refractivity contribution is 5.45. The molecule has 2 heterocycles. The molecule has 0 fully saturated rings. The largest absolute Gasteiger partial charge is 0.382 e. The molecule has 0 saturated carbocycles. The molecule has 2 rings (SSSR count). The summed E-state index contributed by atoms with van der Waals surface area (Å²) < 4.78 is 7.00. The van der Waals surface area contributed by atoms with E-state index >= 15 is 0 Å². The number of hydrogen-bond donors (Lipinski definition) is 1. The number of hydrogen-bond acceptors (Lipinski definition) is 4. The van der Waals surface area contributed by atoms with Gasteiger partial charge in [0.1, 0.15) is 5.82 Å². The zero-order valence-corrected chi connectivity index (χ0v) is 9.39. The van der Waals surface area contributed by atoms with Gasteiger partial charge in [0, 0.05) is 32.0 Å². The van der Waals surface area contributed by atoms with Crippen LogP contribution in [0.1, 0.15) is 13.3 Å². The zero-order chi connectivity index (χ0) is 11.2. The number of aromatic nitrogens is 3. The maximum atomic E-state index is 5.25. The summed E-state index contributed by atoms with van der Waals surface area (Å²) in [5, 5.41) is 7.34. The van der Waals surface area contributed by atoms with Gasteiger partial charge in [0.05, 0.1) is 6.20 Å². The smallest absolute Gasteiger partial charge is 0.157 e. The normalized spacial score (nSPS) is 10.8. The Morgan fingerprint density at radius 2 is 2.38 bits per heavy atom. The fourth-order valence-electron chi connectivity index (χ4n) is 1.45. The molecule has 1 N–H and O–H groups in total. The van der Waals surface area contributed by atoms with E-state index in [1.807, 2.05) is 25.3 Å². The van der Waals surface area contributed by atoms with Crippen LogP contribution >= 0.6 is 0 Å². The first-order valence-electron chi connectivity index (χ1n) is 5.52. The lowest BCUT2D eigenvalue weighted by Crippen LogP contribution is -2.07. The molecule has 86 valence electrons. The SMILES string of the molecule is CCOCCCNc1ccn2nccc2n1. The minimum atomic E-state index is 0.778. The molecule has 0 spiro atoms. The van der Waals surface area contributed by atoms with Crippen LogP contribution in [0.5, 0.6) is 0 Å². The highest BCUT2D eigenvalue weighted by Gasteiger charge is 1.97. The summed E-state index contributed by atoms with van der Waals surface area (Å²) in [4.78, 5) is 4.40. The van der Waals surface area contributed by atoms with E-state index in [1.165, 1.54) is 0 Å². The van der Waals surface area contributed by atoms with Crippen molar-refractivity contribution in [2.24, 2.45) is 0 Å². The third-order valence-electron chi connectivity index (χ3n) is 2.23. The number of nitrogens with zero attached hydrogens (tertiary/aromatic N) is 3. The van der Waals surface area contributed by atoms with Gasteiger partial charge in [-0.25, -0.2) is 9.50 Å². The molecule has 2 aromatic rings. The predicted molar refractivity (Wildman–Crippen MR) is 62.6 cm³/mol. The van der Waals surface area contributed by atoms with Gasteiger partial charge in [-0.2, -0.15) is 5.10 Å². The highest BCUT2D eigenvalue weighted by atomic mass is 16.5. The molecule has 0 bridgehead atoms. The molecule has 5 nitrogen and oxygen atoms in total. The van der Waals surface area contributed by atoms with E-state index in [2.05, 4.69) is 15.4 Å². The summed E-state index contributed by atoms with van der Waals surface area (Å²) in [7, 11) is 0. The average Bonchev–Trinajstić information content (AvgIpc) is 2.76. The fraction of sp³-hybridized carbons (Fsp3) is 0.455. The van der Waals surface area contributed by atoms with Crippen LogP contribution in [-0.4, -0.2) is 34.4 Å². The van der Waals surface area contributed by atoms with Gasteiger partial charge in [0.2, 0.25) is 0 Å². The first-order valence-corrected chi connectivity index (χ1v) is 5.52. The molecule has 16 heavy (non-hydrogen) atoms. The number of fused-ring (bicyclic) bond motifs is 1. The standard InChI is InChI=1S/C11H16N4O/c1-2-16-9-3-6-12-10-5-8-15-11(14-10)4-7-13-15/h4-5,7-8H,2-3,6,9H2,1H3,(H,12,14). The average molecular weight is 220 g/mol. The third-order valence-corrected chi connectivity index (χ3v) is 2.23. The van der Waals surface area contributed by atoms with Crippen LogP contribution < -0.4 is 5.32 Å². The van der Waals surface area contributed by atoms with Gasteiger partial charge in [-0.3, -0.25) is 0 Å². The Balaban J connectivity index is 1.84. The Morgan fingerprint density at radius 1 is 1.44 bits per heavy atom. The molecule has 0 radical (unpaired) electrons. The van der Waals surface area contributed by atoms with Gasteiger partial charge in [-0.15, -0.1) is 0 Å². The second-order valence-electron chi connectivity index (χ2n) is 3.42. The molecule has 0 aliphatic heterocycles. The third kappa shape index (κ3) is 2.70. The van der Waals surface area contributed by atoms with Crippen molar-refractivity contribution in [3.63, 3.8) is 0 Å². The summed E-state index contributed by atoms with van der Waals surface area (Å²) in [6, 6.07) is 3.80. The number of nitrogens with one attached hydrogen (secondary N) is 1. The van der Waals surface area contributed by atoms with Crippen LogP contribution in [0.4, 0.5) is 5.82 Å². The molecule has 2 aromatic heterocycles. The monoisotopic (exact) mass is 220 g/mol. The quantitative estimate of drug-likeness (QED) is 0.751. The second kappa shape index (κ2) is 5.46. The summed E-state index contributed by atoms with van der Waals surface area (Å²) >= 11 is 0. The fourth-order valence-corrected chi connectivity index (χ4v) is 1.45. The topological polar surface area (TPSA) is 51.5 Å². The van der Waals surface area contributed by atoms with Crippen LogP contribution in [0.25, 0.3) is 5.65 Å². The molecule has 0 unspecified atom stereocenters. The first-order chi connectivity index (χ1) is 7.90. The Labute approximate surface area is 94.4 Å². The van der Waals surface area contributed by atoms with Gasteiger partial charge in [-0.05, 0) is 19.4 Å². The highest BCUT2D eigenvalue weighted by Crippen LogP contribution is 2.05. The van der Waals surface area contributed by atoms with E-state index in [0.29, 0.717) is 0 Å². The first kappa shape index (κ1) is 10.9. The Bertz CT molecular complexity index is 440. The summed E-state index contributed by atoms with van der Waals surface area (Å²) in [5.41, 5.74) is 0.856. The lowest BCUT2D eigenvalue weighted by atomic mass is 10.4. The van der Waals surface area contributed by atoms with Gasteiger partial charge in [0.25, 0.3) is 0 Å². The molecule has 0 atom stereocenters. The van der Waals surface area contributed by atoms with E-state index in [0.717, 1.165) is 37.6 Å². The minimum absolute atomic E-state index is 0.778. The van der Waals surface area contributed by atoms with E-state index in [1.54, 1.807) is 10.7 Å². The van der Waals surface area contributed by atoms with E-state index < -0.39 is 0 Å². The number of anilines is 1. The molecule has 0 aromatic carbocycles. The van der Waals surface area contributed by atoms with Gasteiger partial charge in [-0.1, -0.05) is 0 Å². The van der Waals surface area contributed by atoms with Gasteiger partial charge < -0.3 is 10.1 Å². The van der Waals surface area contributed by atoms with Crippen molar-refractivity contribution in [3.05, 3.63) is 24.5 Å². The van der Waals surface area contributed by atoms with Crippen molar-refractivity contribution in [2.75, 3.05) is 25.1 Å². The lowest BCUT2D eigenvalue weighted by molar-refractivity contribution is 0.147. The number of ether oxygens (including phenoxy) is 1. The van der Waals surface area contributed by atoms with Crippen molar-refractivity contribution in [1.29, 1.82) is 0 Å². The van der Waals surface area contributed by atoms with Crippen molar-refractivity contribution < 1.29 is 4.74 Å². The van der Waals surface area contributed by atoms with Crippen LogP contribution in [0.2, 0.25) is 0 Å². The Kier molecular flexibility index (Phi) is 3.71. The van der Waals surface area contributed by atoms with Crippen LogP contribution in [0, 0.1) is 0 Å². The van der Waals surface area contributed by atoms with E-state index in [4.69, 9.17) is 4.74 Å². The summed E-state index contributed by atoms with van der Waals surface area (Å²) in [5.74, 6) is 0.879. The molecule has 0 amide bonds. The maximum Gasteiger partial charge on any atom is 0.157 e. The van der Waals surface area contributed by atoms with Crippen LogP contribution in [0.3, 0.4) is 0 Å². The zero-order valence-electron chi connectivity index (χ0n) is 9.39. The maximum absolute atomic E-state index is 5.25. The Hall–Kier alpha value is -1.62. The van der Waals surface area contributed by atoms with Crippen molar-refractivity contribution in [1.82, 2.24) is 14.6 Å².